The fourth-order valence-electron chi connectivity index (χ4n) is 3.51. The first kappa shape index (κ1) is 20.0. The zero-order chi connectivity index (χ0) is 19.2. The average molecular weight is 435 g/mol. The molecule has 0 radical (unpaired) electrons. The third-order valence-corrected chi connectivity index (χ3v) is 5.44. The van der Waals surface area contributed by atoms with Gasteiger partial charge in [0, 0.05) is 22.6 Å². The van der Waals surface area contributed by atoms with Crippen LogP contribution >= 0.6 is 15.9 Å². The van der Waals surface area contributed by atoms with Crippen LogP contribution in [0.25, 0.3) is 11.4 Å². The van der Waals surface area contributed by atoms with E-state index in [0.29, 0.717) is 18.3 Å². The second kappa shape index (κ2) is 9.46. The Morgan fingerprint density at radius 3 is 2.93 bits per heavy atom. The van der Waals surface area contributed by atoms with Gasteiger partial charge in [-0.05, 0) is 57.0 Å². The maximum Gasteiger partial charge on any atom is 0.241 e. The van der Waals surface area contributed by atoms with Crippen LogP contribution in [0.3, 0.4) is 0 Å². The number of rotatable bonds is 7. The molecule has 2 unspecified atom stereocenters. The maximum absolute atomic E-state index is 12.5. The number of halogens is 1. The van der Waals surface area contributed by atoms with Crippen LogP contribution < -0.4 is 5.32 Å². The van der Waals surface area contributed by atoms with Gasteiger partial charge in [0.1, 0.15) is 0 Å². The summed E-state index contributed by atoms with van der Waals surface area (Å²) in [5.41, 5.74) is 0.925. The molecule has 2 heterocycles. The maximum atomic E-state index is 12.5. The van der Waals surface area contributed by atoms with Gasteiger partial charge in [-0.15, -0.1) is 0 Å². The summed E-state index contributed by atoms with van der Waals surface area (Å²) in [7, 11) is 0. The Bertz CT molecular complexity index is 747. The van der Waals surface area contributed by atoms with Crippen LogP contribution in [-0.2, 0) is 11.3 Å². The first-order chi connectivity index (χ1) is 13.0. The van der Waals surface area contributed by atoms with Gasteiger partial charge in [0.2, 0.25) is 17.6 Å². The van der Waals surface area contributed by atoms with Crippen molar-refractivity contribution in [3.05, 3.63) is 34.6 Å². The molecule has 1 aliphatic heterocycles. The lowest BCUT2D eigenvalue weighted by atomic mass is 9.96. The second-order valence-corrected chi connectivity index (χ2v) is 8.21. The van der Waals surface area contributed by atoms with E-state index in [1.807, 2.05) is 24.3 Å². The SMILES string of the molecule is CCCC(C)NC(=O)C1CCCN(Cc2nc(-c3ccc(Br)cc3)no2)C1. The molecule has 0 aliphatic carbocycles. The lowest BCUT2D eigenvalue weighted by molar-refractivity contribution is -0.127. The summed E-state index contributed by atoms with van der Waals surface area (Å²) in [5, 5.41) is 7.23. The zero-order valence-electron chi connectivity index (χ0n) is 15.9. The van der Waals surface area contributed by atoms with Gasteiger partial charge >= 0.3 is 0 Å². The molecule has 6 nitrogen and oxygen atoms in total. The number of aromatic nitrogens is 2. The van der Waals surface area contributed by atoms with Crippen LogP contribution in [0.4, 0.5) is 0 Å². The molecule has 27 heavy (non-hydrogen) atoms. The molecule has 1 fully saturated rings. The molecule has 3 rings (SSSR count). The number of amides is 1. The highest BCUT2D eigenvalue weighted by atomic mass is 79.9. The number of benzene rings is 1. The van der Waals surface area contributed by atoms with Gasteiger partial charge < -0.3 is 9.84 Å². The van der Waals surface area contributed by atoms with Crippen molar-refractivity contribution in [3.8, 4) is 11.4 Å². The molecular weight excluding hydrogens is 408 g/mol. The lowest BCUT2D eigenvalue weighted by Gasteiger charge is -2.31. The van der Waals surface area contributed by atoms with Crippen molar-refractivity contribution in [2.24, 2.45) is 5.92 Å². The molecular formula is C20H27BrN4O2. The van der Waals surface area contributed by atoms with Crippen LogP contribution in [0.1, 0.15) is 45.4 Å². The molecule has 0 spiro atoms. The summed E-state index contributed by atoms with van der Waals surface area (Å²) in [6.07, 6.45) is 4.04. The Balaban J connectivity index is 1.56. The first-order valence-corrected chi connectivity index (χ1v) is 10.5. The minimum absolute atomic E-state index is 0.0342. The zero-order valence-corrected chi connectivity index (χ0v) is 17.5. The van der Waals surface area contributed by atoms with E-state index in [2.05, 4.69) is 50.1 Å². The Hall–Kier alpha value is -1.73. The minimum atomic E-state index is 0.0342. The predicted molar refractivity (Wildman–Crippen MR) is 108 cm³/mol. The van der Waals surface area contributed by atoms with E-state index < -0.39 is 0 Å². The summed E-state index contributed by atoms with van der Waals surface area (Å²) in [5.74, 6) is 1.39. The van der Waals surface area contributed by atoms with Crippen LogP contribution in [0.2, 0.25) is 0 Å². The van der Waals surface area contributed by atoms with Gasteiger partial charge in [0.05, 0.1) is 12.5 Å². The number of nitrogens with one attached hydrogen (secondary N) is 1. The molecule has 0 saturated carbocycles. The van der Waals surface area contributed by atoms with Crippen LogP contribution in [-0.4, -0.2) is 40.1 Å². The van der Waals surface area contributed by atoms with Gasteiger partial charge in [-0.1, -0.05) is 34.4 Å². The number of carbonyl (C=O) groups excluding carboxylic acids is 1. The van der Waals surface area contributed by atoms with E-state index in [1.165, 1.54) is 0 Å². The van der Waals surface area contributed by atoms with E-state index in [4.69, 9.17) is 4.52 Å². The summed E-state index contributed by atoms with van der Waals surface area (Å²) in [4.78, 5) is 19.2. The van der Waals surface area contributed by atoms with Crippen molar-refractivity contribution in [2.45, 2.75) is 52.1 Å². The Morgan fingerprint density at radius 1 is 1.41 bits per heavy atom. The smallest absolute Gasteiger partial charge is 0.241 e. The second-order valence-electron chi connectivity index (χ2n) is 7.29. The summed E-state index contributed by atoms with van der Waals surface area (Å²) in [6, 6.07) is 8.06. The highest BCUT2D eigenvalue weighted by molar-refractivity contribution is 9.10. The first-order valence-electron chi connectivity index (χ1n) is 9.66. The Kier molecular flexibility index (Phi) is 7.01. The fraction of sp³-hybridized carbons (Fsp3) is 0.550. The summed E-state index contributed by atoms with van der Waals surface area (Å²) < 4.78 is 6.44. The minimum Gasteiger partial charge on any atom is -0.353 e. The molecule has 0 bridgehead atoms. The quantitative estimate of drug-likeness (QED) is 0.712. The van der Waals surface area contributed by atoms with E-state index >= 15 is 0 Å². The van der Waals surface area contributed by atoms with Crippen molar-refractivity contribution in [1.29, 1.82) is 0 Å². The molecule has 1 N–H and O–H groups in total. The Labute approximate surface area is 168 Å². The van der Waals surface area contributed by atoms with Crippen molar-refractivity contribution in [1.82, 2.24) is 20.4 Å². The van der Waals surface area contributed by atoms with Crippen LogP contribution in [0.15, 0.2) is 33.3 Å². The van der Waals surface area contributed by atoms with E-state index in [1.54, 1.807) is 0 Å². The summed E-state index contributed by atoms with van der Waals surface area (Å²) in [6.45, 7) is 6.48. The molecule has 1 aliphatic rings. The van der Waals surface area contributed by atoms with Crippen molar-refractivity contribution < 1.29 is 9.32 Å². The van der Waals surface area contributed by atoms with Gasteiger partial charge in [-0.2, -0.15) is 4.98 Å². The molecule has 1 amide bonds. The number of likely N-dealkylation sites (tertiary alicyclic amines) is 1. The number of hydrogen-bond donors (Lipinski definition) is 1. The molecule has 7 heteroatoms. The molecule has 1 aromatic carbocycles. The highest BCUT2D eigenvalue weighted by Crippen LogP contribution is 2.22. The fourth-order valence-corrected chi connectivity index (χ4v) is 3.77. The third kappa shape index (κ3) is 5.62. The number of nitrogens with zero attached hydrogens (tertiary/aromatic N) is 3. The van der Waals surface area contributed by atoms with E-state index in [0.717, 1.165) is 48.8 Å². The van der Waals surface area contributed by atoms with Crippen LogP contribution in [0, 0.1) is 5.92 Å². The molecule has 146 valence electrons. The van der Waals surface area contributed by atoms with Gasteiger partial charge in [-0.25, -0.2) is 0 Å². The molecule has 1 aromatic heterocycles. The molecule has 2 atom stereocenters. The van der Waals surface area contributed by atoms with Crippen molar-refractivity contribution in [3.63, 3.8) is 0 Å². The van der Waals surface area contributed by atoms with E-state index in [-0.39, 0.29) is 17.9 Å². The van der Waals surface area contributed by atoms with Crippen molar-refractivity contribution in [2.75, 3.05) is 13.1 Å². The van der Waals surface area contributed by atoms with Gasteiger partial charge in [0.15, 0.2) is 0 Å². The van der Waals surface area contributed by atoms with E-state index in [9.17, 15) is 4.79 Å². The number of hydrogen-bond acceptors (Lipinski definition) is 5. The van der Waals surface area contributed by atoms with Gasteiger partial charge in [0.25, 0.3) is 0 Å². The number of piperidine rings is 1. The average Bonchev–Trinajstić information content (AvgIpc) is 3.11. The highest BCUT2D eigenvalue weighted by Gasteiger charge is 2.27. The monoisotopic (exact) mass is 434 g/mol. The van der Waals surface area contributed by atoms with Gasteiger partial charge in [-0.3, -0.25) is 9.69 Å². The summed E-state index contributed by atoms with van der Waals surface area (Å²) >= 11 is 3.43. The molecule has 2 aromatic rings. The topological polar surface area (TPSA) is 71.3 Å². The predicted octanol–water partition coefficient (Wildman–Crippen LogP) is 4.02. The normalized spacial score (nSPS) is 19.0. The molecule has 1 saturated heterocycles. The Morgan fingerprint density at radius 2 is 2.19 bits per heavy atom. The van der Waals surface area contributed by atoms with Crippen molar-refractivity contribution >= 4 is 21.8 Å². The van der Waals surface area contributed by atoms with Crippen LogP contribution in [0.5, 0.6) is 0 Å². The standard InChI is InChI=1S/C20H27BrN4O2/c1-3-5-14(2)22-20(26)16-6-4-11-25(12-16)13-18-23-19(24-27-18)15-7-9-17(21)10-8-15/h7-10,14,16H,3-6,11-13H2,1-2H3,(H,22,26). The lowest BCUT2D eigenvalue weighted by Crippen LogP contribution is -2.45. The third-order valence-electron chi connectivity index (χ3n) is 4.92. The number of carbonyl (C=O) groups is 1. The largest absolute Gasteiger partial charge is 0.353 e.